The van der Waals surface area contributed by atoms with E-state index >= 15 is 0 Å². The summed E-state index contributed by atoms with van der Waals surface area (Å²) in [6.45, 7) is 7.54. The first kappa shape index (κ1) is 16.5. The molecule has 0 aliphatic heterocycles. The standard InChI is InChI=1S/C16H26ClNO/c1-4-15(13-7-9-14(17)10-8-13)18-11-16(5-2,6-3)12-19/h7-10,15,18-19H,4-6,11-12H2,1-3H3. The van der Waals surface area contributed by atoms with Crippen molar-refractivity contribution in [3.63, 3.8) is 0 Å². The highest BCUT2D eigenvalue weighted by molar-refractivity contribution is 6.30. The fourth-order valence-corrected chi connectivity index (χ4v) is 2.44. The number of halogens is 1. The molecule has 19 heavy (non-hydrogen) atoms. The average molecular weight is 284 g/mol. The van der Waals surface area contributed by atoms with E-state index in [0.717, 1.165) is 30.8 Å². The first-order valence-corrected chi connectivity index (χ1v) is 7.58. The Morgan fingerprint density at radius 3 is 2.16 bits per heavy atom. The summed E-state index contributed by atoms with van der Waals surface area (Å²) in [4.78, 5) is 0. The normalized spacial score (nSPS) is 13.5. The van der Waals surface area contributed by atoms with Crippen molar-refractivity contribution in [2.24, 2.45) is 5.41 Å². The lowest BCUT2D eigenvalue weighted by atomic mass is 9.83. The summed E-state index contributed by atoms with van der Waals surface area (Å²) in [6.07, 6.45) is 3.00. The zero-order valence-electron chi connectivity index (χ0n) is 12.2. The molecule has 2 nitrogen and oxygen atoms in total. The highest BCUT2D eigenvalue weighted by atomic mass is 35.5. The molecule has 108 valence electrons. The van der Waals surface area contributed by atoms with E-state index in [1.54, 1.807) is 0 Å². The molecule has 0 heterocycles. The smallest absolute Gasteiger partial charge is 0.0499 e. The number of hydrogen-bond donors (Lipinski definition) is 2. The van der Waals surface area contributed by atoms with Gasteiger partial charge in [-0.2, -0.15) is 0 Å². The van der Waals surface area contributed by atoms with E-state index in [0.29, 0.717) is 6.04 Å². The fraction of sp³-hybridized carbons (Fsp3) is 0.625. The highest BCUT2D eigenvalue weighted by Gasteiger charge is 2.26. The van der Waals surface area contributed by atoms with Gasteiger partial charge in [-0.05, 0) is 37.0 Å². The molecule has 0 saturated heterocycles. The number of hydrogen-bond acceptors (Lipinski definition) is 2. The Morgan fingerprint density at radius 2 is 1.74 bits per heavy atom. The molecular weight excluding hydrogens is 258 g/mol. The summed E-state index contributed by atoms with van der Waals surface area (Å²) in [6, 6.07) is 8.32. The van der Waals surface area contributed by atoms with Crippen molar-refractivity contribution in [2.45, 2.75) is 46.1 Å². The summed E-state index contributed by atoms with van der Waals surface area (Å²) in [5, 5.41) is 14.0. The summed E-state index contributed by atoms with van der Waals surface area (Å²) < 4.78 is 0. The van der Waals surface area contributed by atoms with Crippen LogP contribution in [-0.2, 0) is 0 Å². The third-order valence-corrected chi connectivity index (χ3v) is 4.49. The lowest BCUT2D eigenvalue weighted by Crippen LogP contribution is -2.38. The van der Waals surface area contributed by atoms with Gasteiger partial charge in [-0.15, -0.1) is 0 Å². The van der Waals surface area contributed by atoms with Crippen molar-refractivity contribution in [1.29, 1.82) is 0 Å². The van der Waals surface area contributed by atoms with Crippen molar-refractivity contribution in [3.05, 3.63) is 34.9 Å². The minimum absolute atomic E-state index is 0.000153. The first-order valence-electron chi connectivity index (χ1n) is 7.20. The van der Waals surface area contributed by atoms with Gasteiger partial charge in [-0.3, -0.25) is 0 Å². The van der Waals surface area contributed by atoms with Crippen LogP contribution in [0.4, 0.5) is 0 Å². The van der Waals surface area contributed by atoms with E-state index in [9.17, 15) is 5.11 Å². The SMILES string of the molecule is CCC(NCC(CC)(CC)CO)c1ccc(Cl)cc1. The lowest BCUT2D eigenvalue weighted by molar-refractivity contribution is 0.109. The fourth-order valence-electron chi connectivity index (χ4n) is 2.31. The second-order valence-corrected chi connectivity index (χ2v) is 5.69. The van der Waals surface area contributed by atoms with Gasteiger partial charge in [0.1, 0.15) is 0 Å². The van der Waals surface area contributed by atoms with E-state index in [2.05, 4.69) is 38.2 Å². The molecule has 0 radical (unpaired) electrons. The van der Waals surface area contributed by atoms with Crippen molar-refractivity contribution < 1.29 is 5.11 Å². The summed E-state index contributed by atoms with van der Waals surface area (Å²) in [5.41, 5.74) is 1.26. The van der Waals surface area contributed by atoms with Crippen molar-refractivity contribution in [3.8, 4) is 0 Å². The van der Waals surface area contributed by atoms with Gasteiger partial charge in [0.2, 0.25) is 0 Å². The largest absolute Gasteiger partial charge is 0.396 e. The van der Waals surface area contributed by atoms with Crippen LogP contribution in [0.5, 0.6) is 0 Å². The van der Waals surface area contributed by atoms with Crippen LogP contribution in [0.1, 0.15) is 51.6 Å². The molecule has 2 N–H and O–H groups in total. The highest BCUT2D eigenvalue weighted by Crippen LogP contribution is 2.27. The van der Waals surface area contributed by atoms with Crippen LogP contribution < -0.4 is 5.32 Å². The Balaban J connectivity index is 2.69. The van der Waals surface area contributed by atoms with Crippen molar-refractivity contribution in [2.75, 3.05) is 13.2 Å². The molecule has 1 aromatic carbocycles. The van der Waals surface area contributed by atoms with E-state index in [-0.39, 0.29) is 12.0 Å². The van der Waals surface area contributed by atoms with Gasteiger partial charge >= 0.3 is 0 Å². The van der Waals surface area contributed by atoms with Gasteiger partial charge in [-0.25, -0.2) is 0 Å². The molecule has 1 aromatic rings. The average Bonchev–Trinajstić information content (AvgIpc) is 2.46. The maximum atomic E-state index is 9.61. The maximum absolute atomic E-state index is 9.61. The number of aliphatic hydroxyl groups is 1. The summed E-state index contributed by atoms with van der Waals surface area (Å²) in [7, 11) is 0. The zero-order chi connectivity index (χ0) is 14.3. The van der Waals surface area contributed by atoms with E-state index < -0.39 is 0 Å². The quantitative estimate of drug-likeness (QED) is 0.750. The molecule has 1 unspecified atom stereocenters. The van der Waals surface area contributed by atoms with Crippen LogP contribution in [0.2, 0.25) is 5.02 Å². The second-order valence-electron chi connectivity index (χ2n) is 5.26. The third kappa shape index (κ3) is 4.48. The Morgan fingerprint density at radius 1 is 1.16 bits per heavy atom. The Labute approximate surface area is 122 Å². The minimum Gasteiger partial charge on any atom is -0.396 e. The molecule has 0 aromatic heterocycles. The topological polar surface area (TPSA) is 32.3 Å². The zero-order valence-corrected chi connectivity index (χ0v) is 13.0. The molecule has 0 spiro atoms. The van der Waals surface area contributed by atoms with Crippen molar-refractivity contribution in [1.82, 2.24) is 5.32 Å². The van der Waals surface area contributed by atoms with Gasteiger partial charge in [0.25, 0.3) is 0 Å². The van der Waals surface area contributed by atoms with Crippen LogP contribution in [0.3, 0.4) is 0 Å². The van der Waals surface area contributed by atoms with Crippen LogP contribution in [0, 0.1) is 5.41 Å². The predicted molar refractivity (Wildman–Crippen MR) is 82.6 cm³/mol. The van der Waals surface area contributed by atoms with Crippen LogP contribution in [0.25, 0.3) is 0 Å². The van der Waals surface area contributed by atoms with Crippen LogP contribution in [0.15, 0.2) is 24.3 Å². The van der Waals surface area contributed by atoms with E-state index in [1.807, 2.05) is 12.1 Å². The van der Waals surface area contributed by atoms with E-state index in [1.165, 1.54) is 5.56 Å². The monoisotopic (exact) mass is 283 g/mol. The number of benzene rings is 1. The molecule has 0 bridgehead atoms. The van der Waals surface area contributed by atoms with Crippen molar-refractivity contribution >= 4 is 11.6 Å². The second kappa shape index (κ2) is 7.88. The molecule has 1 rings (SSSR count). The van der Waals surface area contributed by atoms with Gasteiger partial charge in [-0.1, -0.05) is 44.5 Å². The summed E-state index contributed by atoms with van der Waals surface area (Å²) in [5.74, 6) is 0. The number of rotatable bonds is 8. The Kier molecular flexibility index (Phi) is 6.84. The van der Waals surface area contributed by atoms with Gasteiger partial charge in [0.05, 0.1) is 0 Å². The summed E-state index contributed by atoms with van der Waals surface area (Å²) >= 11 is 5.92. The van der Waals surface area contributed by atoms with Crippen LogP contribution in [-0.4, -0.2) is 18.3 Å². The molecule has 0 amide bonds. The molecular formula is C16H26ClNO. The minimum atomic E-state index is -0.000153. The van der Waals surface area contributed by atoms with Crippen LogP contribution >= 0.6 is 11.6 Å². The van der Waals surface area contributed by atoms with Gasteiger partial charge in [0.15, 0.2) is 0 Å². The van der Waals surface area contributed by atoms with E-state index in [4.69, 9.17) is 11.6 Å². The molecule has 1 atom stereocenters. The van der Waals surface area contributed by atoms with Gasteiger partial charge < -0.3 is 10.4 Å². The Hall–Kier alpha value is -0.570. The lowest BCUT2D eigenvalue weighted by Gasteiger charge is -2.32. The maximum Gasteiger partial charge on any atom is 0.0499 e. The Bertz CT molecular complexity index is 351. The number of nitrogens with one attached hydrogen (secondary N) is 1. The molecule has 0 fully saturated rings. The predicted octanol–water partition coefficient (Wildman–Crippen LogP) is 4.18. The first-order chi connectivity index (χ1) is 9.10. The molecule has 0 aliphatic rings. The third-order valence-electron chi connectivity index (χ3n) is 4.24. The van der Waals surface area contributed by atoms with Gasteiger partial charge in [0, 0.05) is 29.6 Å². The molecule has 3 heteroatoms. The molecule has 0 saturated carbocycles. The molecule has 0 aliphatic carbocycles. The number of aliphatic hydroxyl groups excluding tert-OH is 1.